The summed E-state index contributed by atoms with van der Waals surface area (Å²) in [4.78, 5) is 69.7. The van der Waals surface area contributed by atoms with Crippen LogP contribution in [0, 0.1) is 18.8 Å². The number of nitrogens with zero attached hydrogens (tertiary/aromatic N) is 1. The number of carbonyl (C=O) groups excluding carboxylic acids is 4. The third kappa shape index (κ3) is 17.2. The van der Waals surface area contributed by atoms with Gasteiger partial charge >= 0.3 is 25.8 Å². The van der Waals surface area contributed by atoms with Crippen molar-refractivity contribution in [1.82, 2.24) is 5.32 Å². The molecule has 2 aromatic rings. The molecule has 0 fully saturated rings. The van der Waals surface area contributed by atoms with Gasteiger partial charge in [-0.05, 0) is 80.7 Å². The highest BCUT2D eigenvalue weighted by molar-refractivity contribution is 7.46. The Morgan fingerprint density at radius 3 is 2.08 bits per heavy atom. The Balaban J connectivity index is 1.99. The molecule has 15 heteroatoms. The number of hydrogen-bond donors (Lipinski definition) is 5. The molecule has 0 saturated carbocycles. The number of aryl methyl sites for hydroxylation is 1. The summed E-state index contributed by atoms with van der Waals surface area (Å²) in [5.74, 6) is -1.28. The predicted octanol–water partition coefficient (Wildman–Crippen LogP) is 6.47. The molecular weight excluding hydrogens is 679 g/mol. The molecule has 0 saturated heterocycles. The van der Waals surface area contributed by atoms with Gasteiger partial charge in [0.15, 0.2) is 0 Å². The fourth-order valence-corrected chi connectivity index (χ4v) is 5.76. The van der Waals surface area contributed by atoms with Crippen LogP contribution in [0.5, 0.6) is 0 Å². The minimum Gasteiger partial charge on any atom is -0.428 e. The number of carbonyl (C=O) groups is 4. The van der Waals surface area contributed by atoms with Crippen LogP contribution in [0.1, 0.15) is 90.7 Å². The molecule has 0 heterocycles. The van der Waals surface area contributed by atoms with E-state index in [1.54, 1.807) is 0 Å². The van der Waals surface area contributed by atoms with Crippen LogP contribution in [0.15, 0.2) is 42.5 Å². The number of unbranched alkanes of at least 4 members (excludes halogenated alkanes) is 1. The van der Waals surface area contributed by atoms with Gasteiger partial charge in [-0.2, -0.15) is 0 Å². The highest BCUT2D eigenvalue weighted by atomic mass is 31.2. The van der Waals surface area contributed by atoms with Gasteiger partial charge in [-0.1, -0.05) is 58.4 Å². The van der Waals surface area contributed by atoms with Gasteiger partial charge in [0.1, 0.15) is 6.10 Å². The first-order valence-electron chi connectivity index (χ1n) is 17.3. The fraction of sp³-hybridized carbons (Fsp3) is 0.556. The molecule has 51 heavy (non-hydrogen) atoms. The first-order valence-corrected chi connectivity index (χ1v) is 18.9. The largest absolute Gasteiger partial charge is 0.470 e. The highest BCUT2D eigenvalue weighted by Gasteiger charge is 2.24. The van der Waals surface area contributed by atoms with Crippen LogP contribution in [-0.2, 0) is 32.9 Å². The molecule has 0 aromatic heterocycles. The van der Waals surface area contributed by atoms with E-state index >= 15 is 0 Å². The van der Waals surface area contributed by atoms with Gasteiger partial charge in [0, 0.05) is 31.7 Å². The first kappa shape index (κ1) is 43.2. The van der Waals surface area contributed by atoms with Gasteiger partial charge in [0.05, 0.1) is 17.8 Å². The SMILES string of the molecule is CC[C@@H](CC(=O)OCOC(=O)CCCCNC(=O)[C@H](C)OP(=O)(O)O)c1ccc(N(CC(C)C)CC(C)C)c(NC(=O)Nc2ccc(C)cc2)c1. The lowest BCUT2D eigenvalue weighted by atomic mass is 9.92. The van der Waals surface area contributed by atoms with Crippen molar-refractivity contribution in [3.05, 3.63) is 53.6 Å². The second kappa shape index (κ2) is 21.4. The number of hydrogen-bond acceptors (Lipinski definition) is 9. The van der Waals surface area contributed by atoms with E-state index in [-0.39, 0.29) is 31.3 Å². The molecule has 5 N–H and O–H groups in total. The number of esters is 2. The van der Waals surface area contributed by atoms with Gasteiger partial charge in [0.25, 0.3) is 0 Å². The number of phosphoric ester groups is 1. The number of ether oxygens (including phenoxy) is 2. The maximum atomic E-state index is 13.2. The maximum absolute atomic E-state index is 13.2. The smallest absolute Gasteiger partial charge is 0.428 e. The summed E-state index contributed by atoms with van der Waals surface area (Å²) >= 11 is 0. The molecule has 14 nitrogen and oxygen atoms in total. The van der Waals surface area contributed by atoms with Gasteiger partial charge in [-0.3, -0.25) is 18.9 Å². The summed E-state index contributed by atoms with van der Waals surface area (Å²) in [5.41, 5.74) is 4.11. The van der Waals surface area contributed by atoms with Gasteiger partial charge in [0.2, 0.25) is 12.7 Å². The lowest BCUT2D eigenvalue weighted by Crippen LogP contribution is -2.34. The van der Waals surface area contributed by atoms with Crippen LogP contribution in [0.25, 0.3) is 0 Å². The summed E-state index contributed by atoms with van der Waals surface area (Å²) in [6, 6.07) is 13.0. The Hall–Kier alpha value is -3.97. The number of nitrogens with one attached hydrogen (secondary N) is 3. The quantitative estimate of drug-likeness (QED) is 0.0409. The number of urea groups is 1. The van der Waals surface area contributed by atoms with Crippen LogP contribution in [-0.4, -0.2) is 66.2 Å². The third-order valence-corrected chi connectivity index (χ3v) is 8.27. The topological polar surface area (TPSA) is 193 Å². The average molecular weight is 735 g/mol. The van der Waals surface area contributed by atoms with Crippen molar-refractivity contribution < 1.29 is 47.5 Å². The Labute approximate surface area is 301 Å². The van der Waals surface area contributed by atoms with E-state index in [0.29, 0.717) is 42.5 Å². The Morgan fingerprint density at radius 2 is 1.49 bits per heavy atom. The van der Waals surface area contributed by atoms with Crippen LogP contribution in [0.2, 0.25) is 0 Å². The van der Waals surface area contributed by atoms with Crippen molar-refractivity contribution in [3.8, 4) is 0 Å². The molecule has 2 atom stereocenters. The monoisotopic (exact) mass is 734 g/mol. The second-order valence-corrected chi connectivity index (χ2v) is 14.6. The number of rotatable bonds is 21. The third-order valence-electron chi connectivity index (χ3n) is 7.68. The van der Waals surface area contributed by atoms with E-state index in [2.05, 4.69) is 53.1 Å². The molecule has 0 bridgehead atoms. The number of anilines is 3. The van der Waals surface area contributed by atoms with E-state index in [1.165, 1.54) is 6.92 Å². The van der Waals surface area contributed by atoms with Gasteiger partial charge in [-0.25, -0.2) is 9.36 Å². The Bertz CT molecular complexity index is 1470. The summed E-state index contributed by atoms with van der Waals surface area (Å²) < 4.78 is 25.4. The second-order valence-electron chi connectivity index (χ2n) is 13.4. The van der Waals surface area contributed by atoms with Crippen molar-refractivity contribution in [2.24, 2.45) is 11.8 Å². The van der Waals surface area contributed by atoms with Crippen molar-refractivity contribution in [2.75, 3.05) is 42.0 Å². The van der Waals surface area contributed by atoms with E-state index in [1.807, 2.05) is 56.3 Å². The predicted molar refractivity (Wildman–Crippen MR) is 196 cm³/mol. The number of amides is 3. The minimum absolute atomic E-state index is 0.0177. The fourth-order valence-electron chi connectivity index (χ4n) is 5.25. The Kier molecular flexibility index (Phi) is 18.1. The van der Waals surface area contributed by atoms with Crippen molar-refractivity contribution in [1.29, 1.82) is 0 Å². The molecule has 0 spiro atoms. The molecule has 2 rings (SSSR count). The zero-order valence-electron chi connectivity index (χ0n) is 30.8. The lowest BCUT2D eigenvalue weighted by Gasteiger charge is -2.31. The van der Waals surface area contributed by atoms with Gasteiger partial charge in [-0.15, -0.1) is 0 Å². The zero-order valence-corrected chi connectivity index (χ0v) is 31.7. The molecule has 0 radical (unpaired) electrons. The van der Waals surface area contributed by atoms with Crippen LogP contribution >= 0.6 is 7.82 Å². The number of benzene rings is 2. The van der Waals surface area contributed by atoms with Crippen molar-refractivity contribution in [2.45, 2.75) is 92.6 Å². The average Bonchev–Trinajstić information content (AvgIpc) is 3.02. The molecule has 2 aromatic carbocycles. The van der Waals surface area contributed by atoms with E-state index < -0.39 is 38.6 Å². The van der Waals surface area contributed by atoms with Crippen molar-refractivity contribution in [3.63, 3.8) is 0 Å². The molecule has 0 unspecified atom stereocenters. The summed E-state index contributed by atoms with van der Waals surface area (Å²) in [7, 11) is -4.78. The highest BCUT2D eigenvalue weighted by Crippen LogP contribution is 2.37. The van der Waals surface area contributed by atoms with Crippen LogP contribution < -0.4 is 20.9 Å². The Morgan fingerprint density at radius 1 is 0.863 bits per heavy atom. The minimum atomic E-state index is -4.78. The number of phosphoric acid groups is 1. The maximum Gasteiger partial charge on any atom is 0.470 e. The molecular formula is C36H55N4O10P. The van der Waals surface area contributed by atoms with E-state index in [4.69, 9.17) is 19.3 Å². The van der Waals surface area contributed by atoms with Gasteiger partial charge < -0.3 is 40.1 Å². The molecule has 3 amide bonds. The zero-order chi connectivity index (χ0) is 38.1. The normalized spacial score (nSPS) is 12.6. The summed E-state index contributed by atoms with van der Waals surface area (Å²) in [6.45, 7) is 15.0. The molecule has 284 valence electrons. The van der Waals surface area contributed by atoms with E-state index in [0.717, 1.165) is 29.9 Å². The molecule has 0 aliphatic heterocycles. The summed E-state index contributed by atoms with van der Waals surface area (Å²) in [5, 5.41) is 8.41. The molecule has 0 aliphatic rings. The van der Waals surface area contributed by atoms with E-state index in [9.17, 15) is 23.7 Å². The van der Waals surface area contributed by atoms with Crippen molar-refractivity contribution >= 4 is 48.8 Å². The molecule has 0 aliphatic carbocycles. The lowest BCUT2D eigenvalue weighted by molar-refractivity contribution is -0.167. The standard InChI is InChI=1S/C36H55N4O10P/c1-8-28(20-34(42)49-23-48-33(41)11-9-10-18-37-35(43)27(7)50-51(45,46)47)29-14-17-32(40(21-24(2)3)22-25(4)5)31(19-29)39-36(44)38-30-15-12-26(6)13-16-30/h12-17,19,24-25,27-28H,8-11,18,20-23H2,1-7H3,(H,37,43)(H2,38,39,44)(H2,45,46,47)/t27-,28-/m0/s1. The summed E-state index contributed by atoms with van der Waals surface area (Å²) in [6.07, 6.45) is 0.0994. The van der Waals surface area contributed by atoms with Crippen LogP contribution in [0.3, 0.4) is 0 Å². The first-order chi connectivity index (χ1) is 24.0. The van der Waals surface area contributed by atoms with Crippen LogP contribution in [0.4, 0.5) is 21.9 Å².